The Hall–Kier alpha value is -3.38. The molecule has 2 N–H and O–H groups in total. The van der Waals surface area contributed by atoms with Crippen LogP contribution in [-0.4, -0.2) is 58.0 Å². The summed E-state index contributed by atoms with van der Waals surface area (Å²) < 4.78 is 69.7. The van der Waals surface area contributed by atoms with Crippen molar-refractivity contribution in [1.29, 1.82) is 0 Å². The van der Waals surface area contributed by atoms with E-state index in [0.29, 0.717) is 24.4 Å². The molecule has 4 heterocycles. The van der Waals surface area contributed by atoms with Crippen LogP contribution in [0.25, 0.3) is 32.9 Å². The lowest BCUT2D eigenvalue weighted by Crippen LogP contribution is -2.51. The van der Waals surface area contributed by atoms with Gasteiger partial charge in [0.25, 0.3) is 0 Å². The van der Waals surface area contributed by atoms with Crippen LogP contribution in [0.2, 0.25) is 0 Å². The molecule has 37 heavy (non-hydrogen) atoms. The Morgan fingerprint density at radius 1 is 1.08 bits per heavy atom. The molecule has 8 nitrogen and oxygen atoms in total. The smallest absolute Gasteiger partial charge is 0.467 e. The first-order valence-corrected chi connectivity index (χ1v) is 12.0. The summed E-state index contributed by atoms with van der Waals surface area (Å²) in [4.78, 5) is 10.6. The molecule has 2 aliphatic heterocycles. The van der Waals surface area contributed by atoms with E-state index in [2.05, 4.69) is 25.5 Å². The Kier molecular flexibility index (Phi) is 5.57. The van der Waals surface area contributed by atoms with Crippen LogP contribution in [0, 0.1) is 18.6 Å². The maximum Gasteiger partial charge on any atom is 0.487 e. The number of nitrogens with zero attached hydrogens (tertiary/aromatic N) is 4. The summed E-state index contributed by atoms with van der Waals surface area (Å²) in [5, 5.41) is 10.4. The lowest BCUT2D eigenvalue weighted by atomic mass is 9.95. The zero-order chi connectivity index (χ0) is 26.1. The van der Waals surface area contributed by atoms with E-state index in [0.717, 1.165) is 18.9 Å². The van der Waals surface area contributed by atoms with Gasteiger partial charge in [-0.05, 0) is 37.5 Å². The first-order chi connectivity index (χ1) is 17.6. The van der Waals surface area contributed by atoms with Crippen molar-refractivity contribution in [3.05, 3.63) is 35.5 Å². The molecule has 2 unspecified atom stereocenters. The molecule has 2 bridgehead atoms. The second-order valence-corrected chi connectivity index (χ2v) is 9.74. The number of aromatic nitrogens is 4. The summed E-state index contributed by atoms with van der Waals surface area (Å²) in [5.74, 6) is -2.23. The van der Waals surface area contributed by atoms with Gasteiger partial charge in [-0.3, -0.25) is 5.10 Å². The third-order valence-corrected chi connectivity index (χ3v) is 6.97. The van der Waals surface area contributed by atoms with E-state index in [4.69, 9.17) is 21.1 Å². The van der Waals surface area contributed by atoms with Crippen LogP contribution in [0.5, 0.6) is 11.8 Å². The number of H-pyrrole nitrogens is 1. The fourth-order valence-corrected chi connectivity index (χ4v) is 5.47. The van der Waals surface area contributed by atoms with Gasteiger partial charge < -0.3 is 19.7 Å². The number of ether oxygens (including phenoxy) is 2. The van der Waals surface area contributed by atoms with E-state index < -0.39 is 28.5 Å². The monoisotopic (exact) mass is 536 g/mol. The molecule has 194 valence electrons. The maximum absolute atomic E-state index is 16.3. The minimum absolute atomic E-state index is 0.105. The maximum atomic E-state index is 16.3. The topological polar surface area (TPSA) is 88.2 Å². The van der Waals surface area contributed by atoms with Crippen molar-refractivity contribution in [1.82, 2.24) is 25.5 Å². The molecule has 2 atom stereocenters. The number of piperazine rings is 1. The van der Waals surface area contributed by atoms with Crippen LogP contribution in [0.15, 0.2) is 18.3 Å². The highest BCUT2D eigenvalue weighted by Gasteiger charge is 2.36. The number of halogens is 5. The van der Waals surface area contributed by atoms with E-state index in [-0.39, 0.29) is 45.5 Å². The zero-order valence-corrected chi connectivity index (χ0v) is 20.5. The van der Waals surface area contributed by atoms with Gasteiger partial charge in [-0.1, -0.05) is 0 Å². The van der Waals surface area contributed by atoms with Gasteiger partial charge in [0.2, 0.25) is 0 Å². The number of rotatable bonds is 5. The minimum atomic E-state index is -4.12. The fraction of sp³-hybridized carbons (Fsp3) is 0.375. The van der Waals surface area contributed by atoms with E-state index in [9.17, 15) is 8.78 Å². The largest absolute Gasteiger partial charge is 0.487 e. The number of alkyl halides is 3. The van der Waals surface area contributed by atoms with Crippen molar-refractivity contribution in [2.75, 3.05) is 25.1 Å². The number of hydrogen-bond donors (Lipinski definition) is 2. The lowest BCUT2D eigenvalue weighted by molar-refractivity contribution is -0.0964. The Balaban J connectivity index is 1.62. The third kappa shape index (κ3) is 4.08. The zero-order valence-electron chi connectivity index (χ0n) is 19.7. The van der Waals surface area contributed by atoms with Crippen molar-refractivity contribution in [3.63, 3.8) is 0 Å². The van der Waals surface area contributed by atoms with Crippen molar-refractivity contribution < 1.29 is 27.0 Å². The number of aryl methyl sites for hydroxylation is 1. The van der Waals surface area contributed by atoms with Gasteiger partial charge in [0.15, 0.2) is 5.82 Å². The molecule has 0 aliphatic carbocycles. The first-order valence-electron chi connectivity index (χ1n) is 11.6. The molecule has 0 radical (unpaired) electrons. The van der Waals surface area contributed by atoms with Crippen LogP contribution in [0.3, 0.4) is 0 Å². The average molecular weight is 537 g/mol. The first kappa shape index (κ1) is 24.0. The van der Waals surface area contributed by atoms with E-state index in [1.807, 2.05) is 4.90 Å². The highest BCUT2D eigenvalue weighted by atomic mass is 35.5. The molecular formula is C24H21ClF4N6O2. The summed E-state index contributed by atoms with van der Waals surface area (Å²) in [6, 6.07) is 2.96. The second-order valence-electron chi connectivity index (χ2n) is 9.30. The van der Waals surface area contributed by atoms with Gasteiger partial charge in [0, 0.05) is 53.1 Å². The summed E-state index contributed by atoms with van der Waals surface area (Å²) in [6.07, 6.45) is 3.27. The third-order valence-electron chi connectivity index (χ3n) is 6.89. The van der Waals surface area contributed by atoms with Crippen molar-refractivity contribution in [2.24, 2.45) is 0 Å². The normalized spacial score (nSPS) is 19.7. The lowest BCUT2D eigenvalue weighted by Gasteiger charge is -2.34. The fourth-order valence-electron chi connectivity index (χ4n) is 5.39. The number of hydrogen-bond acceptors (Lipinski definition) is 7. The van der Waals surface area contributed by atoms with Gasteiger partial charge >= 0.3 is 11.6 Å². The molecule has 2 saturated heterocycles. The molecule has 0 spiro atoms. The molecule has 2 aliphatic rings. The van der Waals surface area contributed by atoms with Crippen LogP contribution < -0.4 is 19.7 Å². The summed E-state index contributed by atoms with van der Waals surface area (Å²) in [6.45, 7) is 2.67. The quantitative estimate of drug-likeness (QED) is 0.278. The van der Waals surface area contributed by atoms with Gasteiger partial charge in [-0.2, -0.15) is 15.1 Å². The SMILES string of the molecule is COc1nc(N2CC3CCC(C2)N3)c2cc(F)c(-c3c(OC(F)(F)Cl)c(C)cc4[nH]ncc34)c(F)c2n1. The Labute approximate surface area is 212 Å². The molecule has 2 aromatic carbocycles. The van der Waals surface area contributed by atoms with E-state index >= 15 is 8.78 Å². The summed E-state index contributed by atoms with van der Waals surface area (Å²) >= 11 is 5.06. The number of anilines is 1. The molecular weight excluding hydrogens is 516 g/mol. The van der Waals surface area contributed by atoms with Crippen LogP contribution in [-0.2, 0) is 0 Å². The Morgan fingerprint density at radius 2 is 1.81 bits per heavy atom. The number of methoxy groups -OCH3 is 1. The summed E-state index contributed by atoms with van der Waals surface area (Å²) in [7, 11) is 1.35. The Morgan fingerprint density at radius 3 is 2.49 bits per heavy atom. The highest BCUT2D eigenvalue weighted by molar-refractivity contribution is 6.21. The number of benzene rings is 2. The summed E-state index contributed by atoms with van der Waals surface area (Å²) in [5.41, 5.74) is -4.67. The number of nitrogens with one attached hydrogen (secondary N) is 2. The van der Waals surface area contributed by atoms with Crippen LogP contribution in [0.4, 0.5) is 23.4 Å². The van der Waals surface area contributed by atoms with Gasteiger partial charge in [-0.15, -0.1) is 8.78 Å². The molecule has 13 heteroatoms. The van der Waals surface area contributed by atoms with Crippen LogP contribution >= 0.6 is 11.6 Å². The van der Waals surface area contributed by atoms with Crippen LogP contribution in [0.1, 0.15) is 18.4 Å². The standard InChI is InChI=1S/C24H21ClF4N6O2/c1-10-5-16-14(7-30-34-16)17(21(10)37-24(25,28)29)18-15(26)6-13-20(19(18)27)32-23(36-2)33-22(13)35-8-11-3-4-12(9-35)31-11/h5-7,11-12,31H,3-4,8-9H2,1-2H3,(H,30,34). The van der Waals surface area contributed by atoms with Crippen molar-refractivity contribution >= 4 is 39.2 Å². The molecule has 6 rings (SSSR count). The average Bonchev–Trinajstić information content (AvgIpc) is 3.44. The highest BCUT2D eigenvalue weighted by Crippen LogP contribution is 2.46. The number of fused-ring (bicyclic) bond motifs is 4. The molecule has 2 aromatic heterocycles. The van der Waals surface area contributed by atoms with Crippen molar-refractivity contribution in [3.8, 4) is 22.9 Å². The molecule has 0 amide bonds. The van der Waals surface area contributed by atoms with E-state index in [1.165, 1.54) is 26.3 Å². The Bertz CT molecular complexity index is 1530. The van der Waals surface area contributed by atoms with E-state index in [1.54, 1.807) is 0 Å². The predicted molar refractivity (Wildman–Crippen MR) is 129 cm³/mol. The van der Waals surface area contributed by atoms with Gasteiger partial charge in [-0.25, -0.2) is 8.78 Å². The van der Waals surface area contributed by atoms with Gasteiger partial charge in [0.05, 0.1) is 24.4 Å². The second kappa shape index (κ2) is 8.59. The molecule has 4 aromatic rings. The molecule has 0 saturated carbocycles. The van der Waals surface area contributed by atoms with Crippen molar-refractivity contribution in [2.45, 2.75) is 37.4 Å². The molecule has 2 fully saturated rings. The predicted octanol–water partition coefficient (Wildman–Crippen LogP) is 4.88. The van der Waals surface area contributed by atoms with Gasteiger partial charge in [0.1, 0.15) is 22.9 Å². The number of aromatic amines is 1. The minimum Gasteiger partial charge on any atom is -0.467 e.